The number of thiazole rings is 1. The van der Waals surface area contributed by atoms with E-state index in [1.807, 2.05) is 24.4 Å². The molecular formula is C16H22N2O2S. The molecule has 1 atom stereocenters. The first kappa shape index (κ1) is 15.8. The van der Waals surface area contributed by atoms with E-state index < -0.39 is 0 Å². The summed E-state index contributed by atoms with van der Waals surface area (Å²) in [5.41, 5.74) is 9.90. The number of para-hydroxylation sites is 1. The molecule has 0 fully saturated rings. The van der Waals surface area contributed by atoms with Crippen LogP contribution in [0, 0.1) is 0 Å². The summed E-state index contributed by atoms with van der Waals surface area (Å²) in [7, 11) is 0. The third-order valence-electron chi connectivity index (χ3n) is 3.21. The number of hydrogen-bond acceptors (Lipinski definition) is 5. The van der Waals surface area contributed by atoms with Gasteiger partial charge in [-0.3, -0.25) is 0 Å². The van der Waals surface area contributed by atoms with Gasteiger partial charge in [0.2, 0.25) is 0 Å². The molecule has 0 aliphatic carbocycles. The number of ether oxygens (including phenoxy) is 2. The van der Waals surface area contributed by atoms with Gasteiger partial charge >= 0.3 is 0 Å². The van der Waals surface area contributed by atoms with Gasteiger partial charge in [0.25, 0.3) is 0 Å². The normalized spacial score (nSPS) is 12.1. The molecule has 1 unspecified atom stereocenters. The number of nitrogens with zero attached hydrogens (tertiary/aromatic N) is 1. The SMILES string of the molecule is CCOc1cccc(CC(N)CC)c1OCc1cscn1. The summed E-state index contributed by atoms with van der Waals surface area (Å²) in [4.78, 5) is 4.24. The van der Waals surface area contributed by atoms with Gasteiger partial charge in [0, 0.05) is 11.4 Å². The highest BCUT2D eigenvalue weighted by Crippen LogP contribution is 2.33. The Morgan fingerprint density at radius 3 is 2.81 bits per heavy atom. The third kappa shape index (κ3) is 4.44. The molecule has 0 radical (unpaired) electrons. The minimum absolute atomic E-state index is 0.128. The van der Waals surface area contributed by atoms with Gasteiger partial charge in [-0.1, -0.05) is 19.1 Å². The lowest BCUT2D eigenvalue weighted by molar-refractivity contribution is 0.264. The fraction of sp³-hybridized carbons (Fsp3) is 0.438. The maximum Gasteiger partial charge on any atom is 0.165 e. The van der Waals surface area contributed by atoms with Crippen molar-refractivity contribution in [3.05, 3.63) is 40.3 Å². The van der Waals surface area contributed by atoms with E-state index >= 15 is 0 Å². The molecule has 114 valence electrons. The van der Waals surface area contributed by atoms with Gasteiger partial charge in [0.05, 0.1) is 17.8 Å². The van der Waals surface area contributed by atoms with Crippen LogP contribution < -0.4 is 15.2 Å². The van der Waals surface area contributed by atoms with Gasteiger partial charge in [-0.15, -0.1) is 11.3 Å². The van der Waals surface area contributed by atoms with Crippen molar-refractivity contribution in [3.63, 3.8) is 0 Å². The Hall–Kier alpha value is -1.59. The average molecular weight is 306 g/mol. The highest BCUT2D eigenvalue weighted by molar-refractivity contribution is 7.07. The molecule has 2 aromatic rings. The highest BCUT2D eigenvalue weighted by atomic mass is 32.1. The van der Waals surface area contributed by atoms with Gasteiger partial charge in [-0.25, -0.2) is 4.98 Å². The quantitative estimate of drug-likeness (QED) is 0.812. The molecule has 0 aliphatic heterocycles. The molecule has 5 heteroatoms. The van der Waals surface area contributed by atoms with Crippen LogP contribution in [0.2, 0.25) is 0 Å². The fourth-order valence-corrected chi connectivity index (χ4v) is 2.58. The van der Waals surface area contributed by atoms with Crippen molar-refractivity contribution < 1.29 is 9.47 Å². The first-order valence-electron chi connectivity index (χ1n) is 7.24. The zero-order valence-electron chi connectivity index (χ0n) is 12.5. The molecule has 0 bridgehead atoms. The van der Waals surface area contributed by atoms with Crippen LogP contribution in [0.3, 0.4) is 0 Å². The van der Waals surface area contributed by atoms with Crippen molar-refractivity contribution in [2.75, 3.05) is 6.61 Å². The van der Waals surface area contributed by atoms with Gasteiger partial charge in [-0.05, 0) is 31.4 Å². The van der Waals surface area contributed by atoms with Gasteiger partial charge in [-0.2, -0.15) is 0 Å². The Balaban J connectivity index is 2.20. The van der Waals surface area contributed by atoms with Crippen molar-refractivity contribution >= 4 is 11.3 Å². The van der Waals surface area contributed by atoms with Crippen LogP contribution >= 0.6 is 11.3 Å². The predicted octanol–water partition coefficient (Wildman–Crippen LogP) is 3.40. The second-order valence-corrected chi connectivity index (χ2v) is 5.54. The maximum atomic E-state index is 6.08. The predicted molar refractivity (Wildman–Crippen MR) is 86.0 cm³/mol. The van der Waals surface area contributed by atoms with E-state index in [9.17, 15) is 0 Å². The number of nitrogens with two attached hydrogens (primary N) is 1. The zero-order chi connectivity index (χ0) is 15.1. The lowest BCUT2D eigenvalue weighted by atomic mass is 10.0. The number of rotatable bonds is 8. The monoisotopic (exact) mass is 306 g/mol. The smallest absolute Gasteiger partial charge is 0.165 e. The molecule has 0 aliphatic rings. The Kier molecular flexibility index (Phi) is 6.02. The highest BCUT2D eigenvalue weighted by Gasteiger charge is 2.14. The van der Waals surface area contributed by atoms with Crippen LogP contribution in [0.25, 0.3) is 0 Å². The summed E-state index contributed by atoms with van der Waals surface area (Å²) < 4.78 is 11.7. The molecule has 0 amide bonds. The van der Waals surface area contributed by atoms with Gasteiger partial charge in [0.15, 0.2) is 11.5 Å². The molecule has 2 N–H and O–H groups in total. The van der Waals surface area contributed by atoms with E-state index in [0.29, 0.717) is 13.2 Å². The zero-order valence-corrected chi connectivity index (χ0v) is 13.4. The average Bonchev–Trinajstić information content (AvgIpc) is 3.00. The molecule has 1 heterocycles. The van der Waals surface area contributed by atoms with E-state index in [1.54, 1.807) is 16.8 Å². The Labute approximate surface area is 129 Å². The summed E-state index contributed by atoms with van der Waals surface area (Å²) in [5.74, 6) is 1.56. The largest absolute Gasteiger partial charge is 0.490 e. The third-order valence-corrected chi connectivity index (χ3v) is 3.85. The van der Waals surface area contributed by atoms with Crippen LogP contribution in [0.4, 0.5) is 0 Å². The molecular weight excluding hydrogens is 284 g/mol. The lowest BCUT2D eigenvalue weighted by Gasteiger charge is -2.17. The first-order valence-corrected chi connectivity index (χ1v) is 8.19. The van der Waals surface area contributed by atoms with Crippen molar-refractivity contribution in [2.45, 2.75) is 39.3 Å². The minimum atomic E-state index is 0.128. The van der Waals surface area contributed by atoms with Crippen molar-refractivity contribution in [1.29, 1.82) is 0 Å². The maximum absolute atomic E-state index is 6.08. The number of aromatic nitrogens is 1. The molecule has 0 spiro atoms. The molecule has 0 saturated carbocycles. The summed E-state index contributed by atoms with van der Waals surface area (Å²) in [5, 5.41) is 1.99. The van der Waals surface area contributed by atoms with E-state index in [-0.39, 0.29) is 6.04 Å². The summed E-state index contributed by atoms with van der Waals surface area (Å²) >= 11 is 1.57. The molecule has 1 aromatic heterocycles. The fourth-order valence-electron chi connectivity index (χ4n) is 2.04. The van der Waals surface area contributed by atoms with Crippen molar-refractivity contribution in [2.24, 2.45) is 5.73 Å². The van der Waals surface area contributed by atoms with Crippen LogP contribution in [-0.4, -0.2) is 17.6 Å². The van der Waals surface area contributed by atoms with E-state index in [0.717, 1.165) is 35.6 Å². The molecule has 4 nitrogen and oxygen atoms in total. The summed E-state index contributed by atoms with van der Waals surface area (Å²) in [6, 6.07) is 6.09. The van der Waals surface area contributed by atoms with Crippen LogP contribution in [-0.2, 0) is 13.0 Å². The van der Waals surface area contributed by atoms with Crippen molar-refractivity contribution in [1.82, 2.24) is 4.98 Å². The van der Waals surface area contributed by atoms with Gasteiger partial charge < -0.3 is 15.2 Å². The van der Waals surface area contributed by atoms with E-state index in [1.165, 1.54) is 0 Å². The second-order valence-electron chi connectivity index (χ2n) is 4.82. The molecule has 21 heavy (non-hydrogen) atoms. The summed E-state index contributed by atoms with van der Waals surface area (Å²) in [6.07, 6.45) is 1.72. The van der Waals surface area contributed by atoms with Gasteiger partial charge in [0.1, 0.15) is 6.61 Å². The summed E-state index contributed by atoms with van der Waals surface area (Å²) in [6.45, 7) is 5.11. The Bertz CT molecular complexity index is 543. The van der Waals surface area contributed by atoms with Crippen LogP contribution in [0.15, 0.2) is 29.1 Å². The van der Waals surface area contributed by atoms with E-state index in [4.69, 9.17) is 15.2 Å². The lowest BCUT2D eigenvalue weighted by Crippen LogP contribution is -2.21. The minimum Gasteiger partial charge on any atom is -0.490 e. The standard InChI is InChI=1S/C16H22N2O2S/c1-3-13(17)8-12-6-5-7-15(19-4-2)16(12)20-9-14-10-21-11-18-14/h5-7,10-11,13H,3-4,8-9,17H2,1-2H3. The number of hydrogen-bond donors (Lipinski definition) is 1. The first-order chi connectivity index (χ1) is 10.2. The number of benzene rings is 1. The van der Waals surface area contributed by atoms with Crippen molar-refractivity contribution in [3.8, 4) is 11.5 Å². The Morgan fingerprint density at radius 1 is 1.29 bits per heavy atom. The molecule has 1 aromatic carbocycles. The van der Waals surface area contributed by atoms with Crippen LogP contribution in [0.1, 0.15) is 31.5 Å². The van der Waals surface area contributed by atoms with E-state index in [2.05, 4.69) is 18.0 Å². The topological polar surface area (TPSA) is 57.4 Å². The van der Waals surface area contributed by atoms with Crippen LogP contribution in [0.5, 0.6) is 11.5 Å². The Morgan fingerprint density at radius 2 is 2.14 bits per heavy atom. The second kappa shape index (κ2) is 8.00. The molecule has 2 rings (SSSR count). The molecule has 0 saturated heterocycles.